The molecule has 0 aliphatic rings. The first-order valence-corrected chi connectivity index (χ1v) is 6.75. The molecule has 0 saturated heterocycles. The maximum absolute atomic E-state index is 11.6. The Labute approximate surface area is 122 Å². The quantitative estimate of drug-likeness (QED) is 0.731. The van der Waals surface area contributed by atoms with Gasteiger partial charge in [0, 0.05) is 23.7 Å². The van der Waals surface area contributed by atoms with Gasteiger partial charge < -0.3 is 14.5 Å². The normalized spacial score (nSPS) is 10.5. The fourth-order valence-corrected chi connectivity index (χ4v) is 2.08. The second-order valence-electron chi connectivity index (χ2n) is 4.56. The van der Waals surface area contributed by atoms with Gasteiger partial charge in [-0.2, -0.15) is 0 Å². The van der Waals surface area contributed by atoms with Crippen molar-refractivity contribution in [1.29, 1.82) is 0 Å². The van der Waals surface area contributed by atoms with Gasteiger partial charge in [-0.3, -0.25) is 4.79 Å². The van der Waals surface area contributed by atoms with Gasteiger partial charge in [0.25, 0.3) is 0 Å². The number of benzene rings is 2. The van der Waals surface area contributed by atoms with Crippen molar-refractivity contribution in [2.45, 2.75) is 0 Å². The zero-order chi connectivity index (χ0) is 14.5. The molecule has 0 amide bonds. The van der Waals surface area contributed by atoms with Crippen LogP contribution in [0, 0.1) is 0 Å². The Balaban J connectivity index is 1.59. The molecule has 0 radical (unpaired) electrons. The van der Waals surface area contributed by atoms with Crippen LogP contribution in [0.4, 0.5) is 0 Å². The summed E-state index contributed by atoms with van der Waals surface area (Å²) in [5.41, 5.74) is 0.770. The van der Waals surface area contributed by atoms with E-state index in [1.807, 2.05) is 36.4 Å². The second-order valence-corrected chi connectivity index (χ2v) is 4.56. The number of para-hydroxylation sites is 1. The van der Waals surface area contributed by atoms with Crippen molar-refractivity contribution in [2.75, 3.05) is 13.2 Å². The molecule has 0 aliphatic heterocycles. The van der Waals surface area contributed by atoms with E-state index in [-0.39, 0.29) is 5.43 Å². The SMILES string of the molecule is O=c1cc[nH]c2cc(OCCOc3ccccc3)ccc12. The Morgan fingerprint density at radius 2 is 1.62 bits per heavy atom. The molecule has 3 aromatic rings. The third kappa shape index (κ3) is 3.23. The first kappa shape index (κ1) is 13.2. The first-order chi connectivity index (χ1) is 10.3. The maximum Gasteiger partial charge on any atom is 0.189 e. The Morgan fingerprint density at radius 1 is 0.857 bits per heavy atom. The number of nitrogens with one attached hydrogen (secondary N) is 1. The fourth-order valence-electron chi connectivity index (χ4n) is 2.08. The summed E-state index contributed by atoms with van der Waals surface area (Å²) in [5.74, 6) is 1.53. The van der Waals surface area contributed by atoms with E-state index >= 15 is 0 Å². The van der Waals surface area contributed by atoms with Gasteiger partial charge in [0.15, 0.2) is 5.43 Å². The van der Waals surface area contributed by atoms with Crippen molar-refractivity contribution < 1.29 is 9.47 Å². The minimum absolute atomic E-state index is 0.00251. The highest BCUT2D eigenvalue weighted by atomic mass is 16.5. The van der Waals surface area contributed by atoms with Crippen LogP contribution >= 0.6 is 0 Å². The van der Waals surface area contributed by atoms with Crippen molar-refractivity contribution in [2.24, 2.45) is 0 Å². The number of hydrogen-bond donors (Lipinski definition) is 1. The molecular formula is C17H15NO3. The number of H-pyrrole nitrogens is 1. The lowest BCUT2D eigenvalue weighted by atomic mass is 10.2. The second kappa shape index (κ2) is 6.13. The summed E-state index contributed by atoms with van der Waals surface area (Å²) >= 11 is 0. The van der Waals surface area contributed by atoms with Crippen LogP contribution in [0.5, 0.6) is 11.5 Å². The van der Waals surface area contributed by atoms with Crippen molar-refractivity contribution in [1.82, 2.24) is 4.98 Å². The molecule has 4 heteroatoms. The van der Waals surface area contributed by atoms with Crippen LogP contribution < -0.4 is 14.9 Å². The van der Waals surface area contributed by atoms with Crippen LogP contribution in [-0.2, 0) is 0 Å². The summed E-state index contributed by atoms with van der Waals surface area (Å²) in [4.78, 5) is 14.7. The average molecular weight is 281 g/mol. The van der Waals surface area contributed by atoms with Crippen molar-refractivity contribution in [3.05, 3.63) is 71.0 Å². The predicted molar refractivity (Wildman–Crippen MR) is 82.0 cm³/mol. The van der Waals surface area contributed by atoms with Crippen LogP contribution in [-0.4, -0.2) is 18.2 Å². The van der Waals surface area contributed by atoms with Gasteiger partial charge in [-0.15, -0.1) is 0 Å². The van der Waals surface area contributed by atoms with E-state index in [1.54, 1.807) is 18.3 Å². The predicted octanol–water partition coefficient (Wildman–Crippen LogP) is 2.99. The highest BCUT2D eigenvalue weighted by Gasteiger charge is 2.00. The van der Waals surface area contributed by atoms with Crippen molar-refractivity contribution >= 4 is 10.9 Å². The fraction of sp³-hybridized carbons (Fsp3) is 0.118. The van der Waals surface area contributed by atoms with Gasteiger partial charge in [-0.1, -0.05) is 18.2 Å². The Morgan fingerprint density at radius 3 is 2.43 bits per heavy atom. The summed E-state index contributed by atoms with van der Waals surface area (Å²) in [6.45, 7) is 0.908. The molecule has 106 valence electrons. The number of fused-ring (bicyclic) bond motifs is 1. The highest BCUT2D eigenvalue weighted by molar-refractivity contribution is 5.79. The number of pyridine rings is 1. The van der Waals surface area contributed by atoms with Crippen LogP contribution in [0.25, 0.3) is 10.9 Å². The lowest BCUT2D eigenvalue weighted by Gasteiger charge is -2.08. The largest absolute Gasteiger partial charge is 0.490 e. The minimum Gasteiger partial charge on any atom is -0.490 e. The molecule has 2 aromatic carbocycles. The standard InChI is InChI=1S/C17H15NO3/c19-17-8-9-18-16-12-14(6-7-15(16)17)21-11-10-20-13-4-2-1-3-5-13/h1-9,12H,10-11H2,(H,18,19). The number of ether oxygens (including phenoxy) is 2. The van der Waals surface area contributed by atoms with E-state index < -0.39 is 0 Å². The number of aromatic nitrogens is 1. The molecular weight excluding hydrogens is 266 g/mol. The van der Waals surface area contributed by atoms with E-state index in [4.69, 9.17) is 9.47 Å². The van der Waals surface area contributed by atoms with Gasteiger partial charge in [-0.05, 0) is 24.3 Å². The molecule has 0 atom stereocenters. The monoisotopic (exact) mass is 281 g/mol. The Kier molecular flexibility index (Phi) is 3.87. The smallest absolute Gasteiger partial charge is 0.189 e. The zero-order valence-corrected chi connectivity index (χ0v) is 11.4. The summed E-state index contributed by atoms with van der Waals surface area (Å²) in [6, 6.07) is 16.5. The van der Waals surface area contributed by atoms with Gasteiger partial charge in [0.05, 0.1) is 5.52 Å². The summed E-state index contributed by atoms with van der Waals surface area (Å²) in [6.07, 6.45) is 1.63. The molecule has 0 spiro atoms. The van der Waals surface area contributed by atoms with Gasteiger partial charge >= 0.3 is 0 Å². The van der Waals surface area contributed by atoms with E-state index in [2.05, 4.69) is 4.98 Å². The van der Waals surface area contributed by atoms with Crippen LogP contribution in [0.3, 0.4) is 0 Å². The van der Waals surface area contributed by atoms with Gasteiger partial charge in [-0.25, -0.2) is 0 Å². The molecule has 0 aliphatic carbocycles. The molecule has 1 aromatic heterocycles. The van der Waals surface area contributed by atoms with E-state index in [0.29, 0.717) is 24.3 Å². The molecule has 0 unspecified atom stereocenters. The van der Waals surface area contributed by atoms with E-state index in [1.165, 1.54) is 6.07 Å². The number of aromatic amines is 1. The number of rotatable bonds is 5. The average Bonchev–Trinajstić information content (AvgIpc) is 2.53. The molecule has 1 heterocycles. The van der Waals surface area contributed by atoms with Crippen LogP contribution in [0.1, 0.15) is 0 Å². The minimum atomic E-state index is 0.00251. The first-order valence-electron chi connectivity index (χ1n) is 6.75. The van der Waals surface area contributed by atoms with Crippen molar-refractivity contribution in [3.63, 3.8) is 0 Å². The third-order valence-corrected chi connectivity index (χ3v) is 3.09. The molecule has 1 N–H and O–H groups in total. The number of hydrogen-bond acceptors (Lipinski definition) is 3. The maximum atomic E-state index is 11.6. The van der Waals surface area contributed by atoms with E-state index in [9.17, 15) is 4.79 Å². The molecule has 3 rings (SSSR count). The van der Waals surface area contributed by atoms with Crippen molar-refractivity contribution in [3.8, 4) is 11.5 Å². The molecule has 0 bridgehead atoms. The van der Waals surface area contributed by atoms with Crippen LogP contribution in [0.2, 0.25) is 0 Å². The summed E-state index contributed by atoms with van der Waals surface area (Å²) < 4.78 is 11.2. The van der Waals surface area contributed by atoms with Crippen LogP contribution in [0.15, 0.2) is 65.6 Å². The highest BCUT2D eigenvalue weighted by Crippen LogP contribution is 2.16. The zero-order valence-electron chi connectivity index (χ0n) is 11.4. The molecule has 4 nitrogen and oxygen atoms in total. The Hall–Kier alpha value is -2.75. The molecule has 0 fully saturated rings. The molecule has 0 saturated carbocycles. The third-order valence-electron chi connectivity index (χ3n) is 3.09. The van der Waals surface area contributed by atoms with E-state index in [0.717, 1.165) is 11.3 Å². The van der Waals surface area contributed by atoms with Gasteiger partial charge in [0.1, 0.15) is 24.7 Å². The summed E-state index contributed by atoms with van der Waals surface area (Å²) in [7, 11) is 0. The lowest BCUT2D eigenvalue weighted by molar-refractivity contribution is 0.217. The van der Waals surface area contributed by atoms with Gasteiger partial charge in [0.2, 0.25) is 0 Å². The lowest BCUT2D eigenvalue weighted by Crippen LogP contribution is -2.09. The molecule has 21 heavy (non-hydrogen) atoms. The summed E-state index contributed by atoms with van der Waals surface area (Å²) in [5, 5.41) is 0.658. The Bertz CT molecular complexity index is 781. The topological polar surface area (TPSA) is 51.3 Å².